The van der Waals surface area contributed by atoms with Gasteiger partial charge in [-0.2, -0.15) is 0 Å². The van der Waals surface area contributed by atoms with E-state index >= 15 is 0 Å². The third-order valence-electron chi connectivity index (χ3n) is 6.60. The highest BCUT2D eigenvalue weighted by Gasteiger charge is 2.38. The molecule has 2 aliphatic rings. The second kappa shape index (κ2) is 9.09. The monoisotopic (exact) mass is 402 g/mol. The van der Waals surface area contributed by atoms with Crippen LogP contribution in [0.3, 0.4) is 0 Å². The number of rotatable bonds is 6. The van der Waals surface area contributed by atoms with Crippen molar-refractivity contribution in [1.29, 1.82) is 0 Å². The maximum atomic E-state index is 5.79. The van der Waals surface area contributed by atoms with Gasteiger partial charge in [-0.25, -0.2) is 4.68 Å². The van der Waals surface area contributed by atoms with Crippen LogP contribution in [0.25, 0.3) is 0 Å². The molecule has 0 spiro atoms. The Morgan fingerprint density at radius 1 is 1.03 bits per heavy atom. The third-order valence-corrected chi connectivity index (χ3v) is 6.60. The van der Waals surface area contributed by atoms with Crippen LogP contribution in [0.15, 0.2) is 18.2 Å². The summed E-state index contributed by atoms with van der Waals surface area (Å²) in [7, 11) is 5.68. The van der Waals surface area contributed by atoms with Gasteiger partial charge in [0, 0.05) is 6.07 Å². The van der Waals surface area contributed by atoms with E-state index in [-0.39, 0.29) is 6.04 Å². The first-order valence-corrected chi connectivity index (χ1v) is 10.9. The molecule has 1 aromatic carbocycles. The van der Waals surface area contributed by atoms with E-state index in [1.54, 1.807) is 19.1 Å². The van der Waals surface area contributed by atoms with Gasteiger partial charge in [0.05, 0.1) is 32.9 Å². The Balaban J connectivity index is 1.75. The van der Waals surface area contributed by atoms with Gasteiger partial charge in [-0.3, -0.25) is 0 Å². The number of nitrogens with one attached hydrogen (secondary N) is 2. The fourth-order valence-electron chi connectivity index (χ4n) is 4.86. The second-order valence-corrected chi connectivity index (χ2v) is 8.43. The molecule has 0 radical (unpaired) electrons. The molecule has 1 saturated heterocycles. The number of nitrogens with zero attached hydrogens (tertiary/aromatic N) is 4. The normalized spacial score (nSPS) is 24.2. The average molecular weight is 403 g/mol. The van der Waals surface area contributed by atoms with Crippen molar-refractivity contribution in [2.75, 3.05) is 47.4 Å². The van der Waals surface area contributed by atoms with E-state index in [0.717, 1.165) is 61.9 Å². The number of piperazine rings is 1. The first-order chi connectivity index (χ1) is 14.2. The van der Waals surface area contributed by atoms with Gasteiger partial charge in [-0.05, 0) is 35.4 Å². The van der Waals surface area contributed by atoms with Gasteiger partial charge in [0.1, 0.15) is 37.7 Å². The van der Waals surface area contributed by atoms with Crippen molar-refractivity contribution in [3.05, 3.63) is 29.6 Å². The fraction of sp³-hybridized carbons (Fsp3) is 0.667. The molecule has 1 atom stereocenters. The Labute approximate surface area is 172 Å². The van der Waals surface area contributed by atoms with E-state index in [9.17, 15) is 0 Å². The summed E-state index contributed by atoms with van der Waals surface area (Å²) in [5.41, 5.74) is 1.13. The SMILES string of the molecule is COc1ccc([C@H](c2nnnn2C2CCCCC2)[NH+]2CC[NH+](C)CC2)c(OC)c1. The Bertz CT molecular complexity index is 796. The van der Waals surface area contributed by atoms with E-state index in [2.05, 4.69) is 33.3 Å². The summed E-state index contributed by atoms with van der Waals surface area (Å²) in [5, 5.41) is 13.1. The highest BCUT2D eigenvalue weighted by molar-refractivity contribution is 5.43. The standard InChI is InChI=1S/C21H32N6O2/c1-25-11-13-26(14-12-25)20(18-10-9-17(28-2)15-19(18)29-3)21-22-23-24-27(21)16-7-5-4-6-8-16/h9-10,15-16,20H,4-8,11-14H2,1-3H3/p+2/t20-/m1/s1. The molecule has 2 N–H and O–H groups in total. The average Bonchev–Trinajstić information content (AvgIpc) is 3.25. The van der Waals surface area contributed by atoms with Crippen LogP contribution in [0.2, 0.25) is 0 Å². The predicted octanol–water partition coefficient (Wildman–Crippen LogP) is -0.302. The van der Waals surface area contributed by atoms with E-state index in [1.165, 1.54) is 24.2 Å². The molecule has 0 unspecified atom stereocenters. The van der Waals surface area contributed by atoms with Crippen molar-refractivity contribution in [2.24, 2.45) is 0 Å². The van der Waals surface area contributed by atoms with Crippen LogP contribution in [-0.2, 0) is 0 Å². The number of hydrogen-bond acceptors (Lipinski definition) is 5. The van der Waals surface area contributed by atoms with Crippen LogP contribution in [0.5, 0.6) is 11.5 Å². The van der Waals surface area contributed by atoms with Crippen molar-refractivity contribution >= 4 is 0 Å². The van der Waals surface area contributed by atoms with Crippen LogP contribution in [0.1, 0.15) is 55.6 Å². The maximum absolute atomic E-state index is 5.79. The van der Waals surface area contributed by atoms with Crippen LogP contribution in [-0.4, -0.2) is 67.7 Å². The molecule has 4 rings (SSSR count). The highest BCUT2D eigenvalue weighted by atomic mass is 16.5. The fourth-order valence-corrected chi connectivity index (χ4v) is 4.86. The summed E-state index contributed by atoms with van der Waals surface area (Å²) in [6, 6.07) is 6.57. The summed E-state index contributed by atoms with van der Waals surface area (Å²) in [5.74, 6) is 2.61. The molecule has 0 amide bonds. The molecule has 29 heavy (non-hydrogen) atoms. The van der Waals surface area contributed by atoms with E-state index in [4.69, 9.17) is 9.47 Å². The number of benzene rings is 1. The molecule has 1 aliphatic carbocycles. The Kier molecular flexibility index (Phi) is 6.30. The van der Waals surface area contributed by atoms with Crippen molar-refractivity contribution in [1.82, 2.24) is 20.2 Å². The minimum atomic E-state index is 0.0564. The molecule has 2 aromatic rings. The summed E-state index contributed by atoms with van der Waals surface area (Å²) < 4.78 is 13.3. The Morgan fingerprint density at radius 2 is 1.79 bits per heavy atom. The van der Waals surface area contributed by atoms with Crippen molar-refractivity contribution < 1.29 is 19.3 Å². The molecule has 1 saturated carbocycles. The first-order valence-electron chi connectivity index (χ1n) is 10.9. The van der Waals surface area contributed by atoms with Gasteiger partial charge < -0.3 is 19.3 Å². The van der Waals surface area contributed by atoms with Gasteiger partial charge in [0.15, 0.2) is 6.04 Å². The van der Waals surface area contributed by atoms with Crippen LogP contribution < -0.4 is 19.3 Å². The molecule has 2 fully saturated rings. The number of hydrogen-bond donors (Lipinski definition) is 2. The van der Waals surface area contributed by atoms with E-state index in [1.807, 2.05) is 12.1 Å². The summed E-state index contributed by atoms with van der Waals surface area (Å²) in [6.45, 7) is 4.47. The summed E-state index contributed by atoms with van der Waals surface area (Å²) in [4.78, 5) is 3.09. The largest absolute Gasteiger partial charge is 0.497 e. The van der Waals surface area contributed by atoms with Crippen LogP contribution in [0, 0.1) is 0 Å². The lowest BCUT2D eigenvalue weighted by Gasteiger charge is -2.34. The van der Waals surface area contributed by atoms with Crippen LogP contribution in [0.4, 0.5) is 0 Å². The first kappa shape index (κ1) is 20.1. The molecule has 8 nitrogen and oxygen atoms in total. The predicted molar refractivity (Wildman–Crippen MR) is 109 cm³/mol. The minimum absolute atomic E-state index is 0.0564. The lowest BCUT2D eigenvalue weighted by Crippen LogP contribution is -3.27. The number of quaternary nitrogens is 2. The van der Waals surface area contributed by atoms with Gasteiger partial charge in [-0.1, -0.05) is 19.3 Å². The van der Waals surface area contributed by atoms with Crippen molar-refractivity contribution in [3.63, 3.8) is 0 Å². The molecule has 2 heterocycles. The molecule has 0 bridgehead atoms. The molecule has 158 valence electrons. The van der Waals surface area contributed by atoms with Crippen LogP contribution >= 0.6 is 0 Å². The molecule has 8 heteroatoms. The third kappa shape index (κ3) is 4.23. The lowest BCUT2D eigenvalue weighted by molar-refractivity contribution is -1.02. The lowest BCUT2D eigenvalue weighted by atomic mass is 9.95. The molecule has 1 aromatic heterocycles. The van der Waals surface area contributed by atoms with Gasteiger partial charge in [0.25, 0.3) is 0 Å². The zero-order valence-corrected chi connectivity index (χ0v) is 17.9. The van der Waals surface area contributed by atoms with E-state index in [0.29, 0.717) is 6.04 Å². The molecular weight excluding hydrogens is 368 g/mol. The van der Waals surface area contributed by atoms with Crippen molar-refractivity contribution in [2.45, 2.75) is 44.2 Å². The van der Waals surface area contributed by atoms with E-state index < -0.39 is 0 Å². The quantitative estimate of drug-likeness (QED) is 0.694. The summed E-state index contributed by atoms with van der Waals surface area (Å²) in [6.07, 6.45) is 6.14. The van der Waals surface area contributed by atoms with Gasteiger partial charge in [-0.15, -0.1) is 5.10 Å². The minimum Gasteiger partial charge on any atom is -0.497 e. The van der Waals surface area contributed by atoms with Gasteiger partial charge in [0.2, 0.25) is 5.82 Å². The number of aromatic nitrogens is 4. The zero-order valence-electron chi connectivity index (χ0n) is 17.9. The van der Waals surface area contributed by atoms with Gasteiger partial charge >= 0.3 is 0 Å². The maximum Gasteiger partial charge on any atom is 0.214 e. The Hall–Kier alpha value is -2.19. The number of tetrazole rings is 1. The van der Waals surface area contributed by atoms with Crippen molar-refractivity contribution in [3.8, 4) is 11.5 Å². The smallest absolute Gasteiger partial charge is 0.214 e. The number of ether oxygens (including phenoxy) is 2. The second-order valence-electron chi connectivity index (χ2n) is 8.43. The number of methoxy groups -OCH3 is 2. The molecular formula is C21H34N6O2+2. The topological polar surface area (TPSA) is 70.9 Å². The zero-order chi connectivity index (χ0) is 20.2. The highest BCUT2D eigenvalue weighted by Crippen LogP contribution is 2.34. The molecule has 1 aliphatic heterocycles. The Morgan fingerprint density at radius 3 is 2.48 bits per heavy atom. The number of likely N-dealkylation sites (N-methyl/N-ethyl adjacent to an activating group) is 1. The summed E-state index contributed by atoms with van der Waals surface area (Å²) >= 11 is 0.